The van der Waals surface area contributed by atoms with E-state index in [9.17, 15) is 4.79 Å². The van der Waals surface area contributed by atoms with Gasteiger partial charge in [-0.3, -0.25) is 4.79 Å². The fraction of sp³-hybridized carbons (Fsp3) is 0.824. The van der Waals surface area contributed by atoms with Gasteiger partial charge in [0, 0.05) is 6.42 Å². The highest BCUT2D eigenvalue weighted by molar-refractivity contribution is 5.94. The molecule has 2 aliphatic carbocycles. The fourth-order valence-corrected chi connectivity index (χ4v) is 4.47. The first-order valence-corrected chi connectivity index (χ1v) is 7.65. The molecule has 0 aromatic rings. The molecule has 0 N–H and O–H groups in total. The number of ketones is 1. The minimum absolute atomic E-state index is 0.293. The number of Topliss-reactive ketones (excluding diaryl/α,β-unsaturated/α-hetero) is 1. The van der Waals surface area contributed by atoms with Crippen molar-refractivity contribution >= 4 is 5.78 Å². The molecular weight excluding hydrogens is 220 g/mol. The van der Waals surface area contributed by atoms with Crippen LogP contribution in [0.5, 0.6) is 0 Å². The lowest BCUT2D eigenvalue weighted by Crippen LogP contribution is -2.42. The van der Waals surface area contributed by atoms with Gasteiger partial charge in [0.1, 0.15) is 0 Å². The molecule has 0 saturated heterocycles. The Morgan fingerprint density at radius 3 is 2.67 bits per heavy atom. The van der Waals surface area contributed by atoms with Crippen LogP contribution in [0.15, 0.2) is 12.2 Å². The van der Waals surface area contributed by atoms with Crippen LogP contribution in [0, 0.1) is 23.2 Å². The Morgan fingerprint density at radius 2 is 2.06 bits per heavy atom. The van der Waals surface area contributed by atoms with E-state index in [0.29, 0.717) is 11.2 Å². The summed E-state index contributed by atoms with van der Waals surface area (Å²) >= 11 is 0. The predicted molar refractivity (Wildman–Crippen MR) is 76.4 cm³/mol. The summed E-state index contributed by atoms with van der Waals surface area (Å²) in [5.41, 5.74) is 1.04. The molecule has 2 aliphatic rings. The Labute approximate surface area is 112 Å². The van der Waals surface area contributed by atoms with E-state index in [1.54, 1.807) is 0 Å². The van der Waals surface area contributed by atoms with Crippen LogP contribution in [0.1, 0.15) is 65.7 Å². The molecular formula is C17H28O. The Hall–Kier alpha value is -0.590. The molecule has 0 radical (unpaired) electrons. The number of carbonyl (C=O) groups excluding carboxylic acids is 1. The van der Waals surface area contributed by atoms with E-state index in [4.69, 9.17) is 0 Å². The van der Waals surface area contributed by atoms with E-state index in [2.05, 4.69) is 20.4 Å². The van der Waals surface area contributed by atoms with Crippen LogP contribution < -0.4 is 0 Å². The summed E-state index contributed by atoms with van der Waals surface area (Å²) in [5, 5.41) is 0. The fourth-order valence-electron chi connectivity index (χ4n) is 4.47. The van der Waals surface area contributed by atoms with Gasteiger partial charge in [0.2, 0.25) is 0 Å². The van der Waals surface area contributed by atoms with Crippen LogP contribution in [0.25, 0.3) is 0 Å². The van der Waals surface area contributed by atoms with Crippen LogP contribution in [-0.4, -0.2) is 5.78 Å². The molecule has 0 amide bonds. The van der Waals surface area contributed by atoms with Gasteiger partial charge in [-0.15, -0.1) is 0 Å². The van der Waals surface area contributed by atoms with Gasteiger partial charge in [0.05, 0.1) is 0 Å². The lowest BCUT2D eigenvalue weighted by molar-refractivity contribution is -0.121. The van der Waals surface area contributed by atoms with Crippen molar-refractivity contribution in [2.75, 3.05) is 0 Å². The highest BCUT2D eigenvalue weighted by atomic mass is 16.1. The van der Waals surface area contributed by atoms with Crippen molar-refractivity contribution in [3.63, 3.8) is 0 Å². The van der Waals surface area contributed by atoms with Gasteiger partial charge in [-0.05, 0) is 74.2 Å². The van der Waals surface area contributed by atoms with Crippen molar-refractivity contribution < 1.29 is 4.79 Å². The zero-order valence-corrected chi connectivity index (χ0v) is 12.3. The molecule has 2 saturated carbocycles. The molecule has 18 heavy (non-hydrogen) atoms. The zero-order valence-electron chi connectivity index (χ0n) is 12.3. The third-order valence-electron chi connectivity index (χ3n) is 5.65. The van der Waals surface area contributed by atoms with Gasteiger partial charge in [0.15, 0.2) is 5.78 Å². The molecule has 1 nitrogen and oxygen atoms in total. The van der Waals surface area contributed by atoms with Crippen molar-refractivity contribution in [1.29, 1.82) is 0 Å². The van der Waals surface area contributed by atoms with Crippen LogP contribution >= 0.6 is 0 Å². The monoisotopic (exact) mass is 248 g/mol. The molecule has 2 bridgehead atoms. The highest BCUT2D eigenvalue weighted by Crippen LogP contribution is 2.55. The van der Waals surface area contributed by atoms with E-state index in [1.807, 2.05) is 6.92 Å². The summed E-state index contributed by atoms with van der Waals surface area (Å²) in [6.07, 6.45) is 8.67. The summed E-state index contributed by atoms with van der Waals surface area (Å²) in [4.78, 5) is 12.1. The SMILES string of the molecule is C=C(C)C(=O)CC1(CC)CCC2CC(C)CC1C2. The molecule has 1 heteroatoms. The van der Waals surface area contributed by atoms with Crippen molar-refractivity contribution in [2.45, 2.75) is 65.7 Å². The van der Waals surface area contributed by atoms with Gasteiger partial charge < -0.3 is 0 Å². The largest absolute Gasteiger partial charge is 0.295 e. The second-order valence-electron chi connectivity index (χ2n) is 7.01. The standard InChI is InChI=1S/C17H28O/c1-5-17(11-16(18)12(2)3)7-6-14-8-13(4)9-15(17)10-14/h13-15H,2,5-11H2,1,3-4H3. The average Bonchev–Trinajstić information content (AvgIpc) is 2.32. The van der Waals surface area contributed by atoms with Crippen LogP contribution in [0.4, 0.5) is 0 Å². The number of hydrogen-bond donors (Lipinski definition) is 0. The van der Waals surface area contributed by atoms with Crippen LogP contribution in [0.3, 0.4) is 0 Å². The Balaban J connectivity index is 2.15. The minimum atomic E-state index is 0.293. The number of allylic oxidation sites excluding steroid dienone is 1. The molecule has 102 valence electrons. The molecule has 0 aliphatic heterocycles. The molecule has 2 rings (SSSR count). The van der Waals surface area contributed by atoms with Gasteiger partial charge in [0.25, 0.3) is 0 Å². The maximum absolute atomic E-state index is 12.1. The van der Waals surface area contributed by atoms with E-state index in [0.717, 1.165) is 36.2 Å². The molecule has 0 aromatic heterocycles. The molecule has 0 heterocycles. The van der Waals surface area contributed by atoms with E-state index in [-0.39, 0.29) is 0 Å². The Morgan fingerprint density at radius 1 is 1.33 bits per heavy atom. The van der Waals surface area contributed by atoms with Crippen molar-refractivity contribution in [3.8, 4) is 0 Å². The highest BCUT2D eigenvalue weighted by Gasteiger charge is 2.46. The number of carbonyl (C=O) groups is 1. The second-order valence-corrected chi connectivity index (χ2v) is 7.01. The molecule has 2 fully saturated rings. The van der Waals surface area contributed by atoms with Crippen molar-refractivity contribution in [3.05, 3.63) is 12.2 Å². The number of fused-ring (bicyclic) bond motifs is 2. The lowest BCUT2D eigenvalue weighted by atomic mass is 9.54. The third kappa shape index (κ3) is 2.55. The molecule has 4 atom stereocenters. The minimum Gasteiger partial charge on any atom is -0.295 e. The van der Waals surface area contributed by atoms with Crippen molar-refractivity contribution in [1.82, 2.24) is 0 Å². The first-order valence-electron chi connectivity index (χ1n) is 7.65. The zero-order chi connectivity index (χ0) is 13.3. The van der Waals surface area contributed by atoms with E-state index >= 15 is 0 Å². The molecule has 4 unspecified atom stereocenters. The molecule has 0 aromatic carbocycles. The van der Waals surface area contributed by atoms with Gasteiger partial charge in [-0.2, -0.15) is 0 Å². The summed E-state index contributed by atoms with van der Waals surface area (Å²) in [6.45, 7) is 10.4. The smallest absolute Gasteiger partial charge is 0.158 e. The summed E-state index contributed by atoms with van der Waals surface area (Å²) in [6, 6.07) is 0. The maximum Gasteiger partial charge on any atom is 0.158 e. The number of rotatable bonds is 4. The first-order chi connectivity index (χ1) is 8.47. The Kier molecular flexibility index (Phi) is 3.99. The normalized spacial score (nSPS) is 39.4. The average molecular weight is 248 g/mol. The summed E-state index contributed by atoms with van der Waals surface area (Å²) in [5.74, 6) is 2.89. The van der Waals surface area contributed by atoms with Gasteiger partial charge in [-0.25, -0.2) is 0 Å². The maximum atomic E-state index is 12.1. The quantitative estimate of drug-likeness (QED) is 0.655. The van der Waals surface area contributed by atoms with Gasteiger partial charge in [-0.1, -0.05) is 20.4 Å². The van der Waals surface area contributed by atoms with Gasteiger partial charge >= 0.3 is 0 Å². The van der Waals surface area contributed by atoms with Crippen LogP contribution in [0.2, 0.25) is 0 Å². The van der Waals surface area contributed by atoms with E-state index in [1.165, 1.54) is 32.1 Å². The van der Waals surface area contributed by atoms with E-state index < -0.39 is 0 Å². The summed E-state index contributed by atoms with van der Waals surface area (Å²) in [7, 11) is 0. The third-order valence-corrected chi connectivity index (χ3v) is 5.65. The van der Waals surface area contributed by atoms with Crippen molar-refractivity contribution in [2.24, 2.45) is 23.2 Å². The predicted octanol–water partition coefficient (Wildman–Crippen LogP) is 4.76. The second kappa shape index (κ2) is 5.19. The van der Waals surface area contributed by atoms with Crippen LogP contribution in [-0.2, 0) is 4.79 Å². The molecule has 0 spiro atoms. The number of hydrogen-bond acceptors (Lipinski definition) is 1. The first kappa shape index (κ1) is 13.8. The lowest BCUT2D eigenvalue weighted by Gasteiger charge is -2.51. The summed E-state index contributed by atoms with van der Waals surface area (Å²) < 4.78 is 0. The topological polar surface area (TPSA) is 17.1 Å². The Bertz CT molecular complexity index is 342.